The first-order valence-electron chi connectivity index (χ1n) is 7.07. The first-order valence-corrected chi connectivity index (χ1v) is 7.07. The highest BCUT2D eigenvalue weighted by molar-refractivity contribution is 5.98. The summed E-state index contributed by atoms with van der Waals surface area (Å²) in [6, 6.07) is 0. The summed E-state index contributed by atoms with van der Waals surface area (Å²) in [4.78, 5) is 15.2. The molecule has 4 bridgehead atoms. The van der Waals surface area contributed by atoms with Crippen LogP contribution in [0, 0.1) is 16.7 Å². The van der Waals surface area contributed by atoms with E-state index in [2.05, 4.69) is 18.7 Å². The van der Waals surface area contributed by atoms with Gasteiger partial charge in [-0.25, -0.2) is 0 Å². The Balaban J connectivity index is 1.80. The van der Waals surface area contributed by atoms with Crippen LogP contribution in [0.15, 0.2) is 0 Å². The Morgan fingerprint density at radius 2 is 2.00 bits per heavy atom. The van der Waals surface area contributed by atoms with Crippen molar-refractivity contribution in [2.75, 3.05) is 32.9 Å². The Labute approximate surface area is 108 Å². The molecule has 18 heavy (non-hydrogen) atoms. The van der Waals surface area contributed by atoms with Gasteiger partial charge in [0, 0.05) is 29.8 Å². The van der Waals surface area contributed by atoms with Gasteiger partial charge in [-0.1, -0.05) is 13.8 Å². The highest BCUT2D eigenvalue weighted by atomic mass is 16.5. The van der Waals surface area contributed by atoms with Crippen molar-refractivity contribution in [2.24, 2.45) is 16.7 Å². The van der Waals surface area contributed by atoms with Gasteiger partial charge in [-0.2, -0.15) is 0 Å². The number of carbonyl (C=O) groups is 1. The van der Waals surface area contributed by atoms with Gasteiger partial charge in [0.15, 0.2) is 11.5 Å². The van der Waals surface area contributed by atoms with Gasteiger partial charge in [0.25, 0.3) is 0 Å². The van der Waals surface area contributed by atoms with Gasteiger partial charge < -0.3 is 9.47 Å². The molecule has 2 saturated carbocycles. The van der Waals surface area contributed by atoms with Crippen LogP contribution in [0.3, 0.4) is 0 Å². The fraction of sp³-hybridized carbons (Fsp3) is 0.929. The molecule has 2 saturated heterocycles. The smallest absolute Gasteiger partial charge is 0.186 e. The first-order chi connectivity index (χ1) is 8.56. The number of hydrogen-bond donors (Lipinski definition) is 0. The highest BCUT2D eigenvalue weighted by Crippen LogP contribution is 2.72. The summed E-state index contributed by atoms with van der Waals surface area (Å²) in [7, 11) is 0. The van der Waals surface area contributed by atoms with Crippen LogP contribution >= 0.6 is 0 Å². The summed E-state index contributed by atoms with van der Waals surface area (Å²) in [5.41, 5.74) is -0.706. The number of rotatable bonds is 1. The van der Waals surface area contributed by atoms with Crippen LogP contribution in [0.25, 0.3) is 0 Å². The third kappa shape index (κ3) is 0.928. The minimum atomic E-state index is -0.606. The lowest BCUT2D eigenvalue weighted by molar-refractivity contribution is -0.200. The molecule has 0 unspecified atom stereocenters. The molecular weight excluding hydrogens is 230 g/mol. The van der Waals surface area contributed by atoms with Crippen LogP contribution in [0.5, 0.6) is 0 Å². The van der Waals surface area contributed by atoms with E-state index in [1.54, 1.807) is 0 Å². The third-order valence-corrected chi connectivity index (χ3v) is 6.33. The summed E-state index contributed by atoms with van der Waals surface area (Å²) in [5, 5.41) is 0. The number of Topliss-reactive ketones (excluding diaryl/α,β-unsaturated/α-hetero) is 1. The van der Waals surface area contributed by atoms with Crippen LogP contribution < -0.4 is 0 Å². The number of hydrogen-bond acceptors (Lipinski definition) is 4. The van der Waals surface area contributed by atoms with E-state index < -0.39 is 5.72 Å². The van der Waals surface area contributed by atoms with Crippen molar-refractivity contribution in [2.45, 2.75) is 32.4 Å². The van der Waals surface area contributed by atoms with Gasteiger partial charge in [-0.05, 0) is 12.8 Å². The molecule has 4 rings (SSSR count). The second-order valence-electron chi connectivity index (χ2n) is 6.75. The Kier molecular flexibility index (Phi) is 2.00. The third-order valence-electron chi connectivity index (χ3n) is 6.33. The zero-order chi connectivity index (χ0) is 12.6. The second-order valence-corrected chi connectivity index (χ2v) is 6.75. The van der Waals surface area contributed by atoms with Crippen LogP contribution in [-0.4, -0.2) is 49.3 Å². The number of carbonyl (C=O) groups excluding carboxylic acids is 1. The van der Waals surface area contributed by atoms with Crippen LogP contribution in [-0.2, 0) is 14.3 Å². The fourth-order valence-electron chi connectivity index (χ4n) is 5.01. The molecular formula is C14H21NO3. The van der Waals surface area contributed by atoms with E-state index in [1.165, 1.54) is 0 Å². The average molecular weight is 251 g/mol. The second kappa shape index (κ2) is 3.17. The molecule has 2 aliphatic carbocycles. The maximum Gasteiger partial charge on any atom is 0.186 e. The van der Waals surface area contributed by atoms with Crippen molar-refractivity contribution < 1.29 is 14.3 Å². The lowest BCUT2D eigenvalue weighted by Crippen LogP contribution is -2.63. The van der Waals surface area contributed by atoms with Crippen molar-refractivity contribution in [1.29, 1.82) is 0 Å². The van der Waals surface area contributed by atoms with E-state index in [-0.39, 0.29) is 10.8 Å². The molecule has 0 aromatic carbocycles. The minimum absolute atomic E-state index is 0.0579. The number of ether oxygens (including phenoxy) is 2. The number of morpholine rings is 1. The summed E-state index contributed by atoms with van der Waals surface area (Å²) < 4.78 is 11.5. The molecule has 0 amide bonds. The molecule has 2 heterocycles. The van der Waals surface area contributed by atoms with Crippen molar-refractivity contribution in [3.8, 4) is 0 Å². The maximum absolute atomic E-state index is 13.0. The molecule has 0 N–H and O–H groups in total. The predicted molar refractivity (Wildman–Crippen MR) is 65.0 cm³/mol. The lowest BCUT2D eigenvalue weighted by atomic mass is 9.69. The Morgan fingerprint density at radius 3 is 2.61 bits per heavy atom. The molecule has 0 aromatic heterocycles. The fourth-order valence-corrected chi connectivity index (χ4v) is 5.01. The van der Waals surface area contributed by atoms with Gasteiger partial charge in [0.05, 0.1) is 19.8 Å². The summed E-state index contributed by atoms with van der Waals surface area (Å²) in [5.74, 6) is 0.738. The molecule has 4 aliphatic rings. The Morgan fingerprint density at radius 1 is 1.28 bits per heavy atom. The van der Waals surface area contributed by atoms with Gasteiger partial charge in [-0.3, -0.25) is 9.69 Å². The van der Waals surface area contributed by atoms with E-state index >= 15 is 0 Å². The number of ketones is 1. The Bertz CT molecular complexity index is 419. The SMILES string of the molecule is C[C@@]12CC[C@@H]3[C@](N4CCOCC4)(OC[C@@]31C)C2=O. The van der Waals surface area contributed by atoms with Gasteiger partial charge >= 0.3 is 0 Å². The summed E-state index contributed by atoms with van der Waals surface area (Å²) in [6.45, 7) is 8.27. The molecule has 4 nitrogen and oxygen atoms in total. The summed E-state index contributed by atoms with van der Waals surface area (Å²) >= 11 is 0. The average Bonchev–Trinajstić information content (AvgIpc) is 2.88. The normalized spacial score (nSPS) is 55.4. The largest absolute Gasteiger partial charge is 0.379 e. The Hall–Kier alpha value is -0.450. The quantitative estimate of drug-likeness (QED) is 0.698. The highest BCUT2D eigenvalue weighted by Gasteiger charge is 2.81. The monoisotopic (exact) mass is 251 g/mol. The first kappa shape index (κ1) is 11.4. The van der Waals surface area contributed by atoms with Gasteiger partial charge in [0.1, 0.15) is 0 Å². The van der Waals surface area contributed by atoms with Crippen molar-refractivity contribution in [3.63, 3.8) is 0 Å². The van der Waals surface area contributed by atoms with Crippen LogP contribution in [0.2, 0.25) is 0 Å². The van der Waals surface area contributed by atoms with Gasteiger partial charge in [-0.15, -0.1) is 0 Å². The molecule has 2 aliphatic heterocycles. The molecule has 100 valence electrons. The van der Waals surface area contributed by atoms with Crippen LogP contribution in [0.1, 0.15) is 26.7 Å². The van der Waals surface area contributed by atoms with E-state index in [9.17, 15) is 4.79 Å². The van der Waals surface area contributed by atoms with Crippen molar-refractivity contribution >= 4 is 5.78 Å². The maximum atomic E-state index is 13.0. The van der Waals surface area contributed by atoms with Crippen molar-refractivity contribution in [3.05, 3.63) is 0 Å². The lowest BCUT2D eigenvalue weighted by Gasteiger charge is -2.47. The van der Waals surface area contributed by atoms with Crippen molar-refractivity contribution in [1.82, 2.24) is 4.90 Å². The molecule has 4 atom stereocenters. The van der Waals surface area contributed by atoms with Gasteiger partial charge in [0.2, 0.25) is 0 Å². The molecule has 0 radical (unpaired) electrons. The molecule has 0 aromatic rings. The van der Waals surface area contributed by atoms with E-state index in [0.29, 0.717) is 11.7 Å². The minimum Gasteiger partial charge on any atom is -0.379 e. The van der Waals surface area contributed by atoms with E-state index in [4.69, 9.17) is 9.47 Å². The molecule has 4 fully saturated rings. The standard InChI is InChI=1S/C14H21NO3/c1-12-4-3-10-13(12,2)9-18-14(10,11(12)16)15-5-7-17-8-6-15/h10H,3-9H2,1-2H3/t10-,12-,13-,14-/m0/s1. The van der Waals surface area contributed by atoms with E-state index in [0.717, 1.165) is 45.8 Å². The zero-order valence-electron chi connectivity index (χ0n) is 11.2. The predicted octanol–water partition coefficient (Wildman–Crippen LogP) is 1.05. The zero-order valence-corrected chi connectivity index (χ0v) is 11.2. The molecule has 4 heteroatoms. The topological polar surface area (TPSA) is 38.8 Å². The van der Waals surface area contributed by atoms with Crippen LogP contribution in [0.4, 0.5) is 0 Å². The summed E-state index contributed by atoms with van der Waals surface area (Å²) in [6.07, 6.45) is 2.18. The number of nitrogens with zero attached hydrogens (tertiary/aromatic N) is 1. The van der Waals surface area contributed by atoms with E-state index in [1.807, 2.05) is 0 Å². The molecule has 0 spiro atoms.